The quantitative estimate of drug-likeness (QED) is 0.498. The summed E-state index contributed by atoms with van der Waals surface area (Å²) in [4.78, 5) is 38.2. The van der Waals surface area contributed by atoms with E-state index in [0.29, 0.717) is 12.0 Å². The Balaban J connectivity index is 2.05. The molecule has 0 amide bonds. The van der Waals surface area contributed by atoms with Gasteiger partial charge in [-0.05, 0) is 52.5 Å². The Kier molecular flexibility index (Phi) is 5.63. The minimum absolute atomic E-state index is 0.0519. The molecule has 2 saturated carbocycles. The molecule has 164 valence electrons. The number of carbonyl (C=O) groups is 3. The van der Waals surface area contributed by atoms with Crippen LogP contribution in [-0.2, 0) is 23.9 Å². The Morgan fingerprint density at radius 3 is 2.23 bits per heavy atom. The average molecular weight is 415 g/mol. The second-order valence-corrected chi connectivity index (χ2v) is 10.2. The first-order valence-corrected chi connectivity index (χ1v) is 10.8. The van der Waals surface area contributed by atoms with E-state index in [9.17, 15) is 14.4 Å². The summed E-state index contributed by atoms with van der Waals surface area (Å²) in [7, 11) is 0. The molecule has 3 aliphatic rings. The Labute approximate surface area is 179 Å². The highest BCUT2D eigenvalue weighted by Crippen LogP contribution is 2.72. The van der Waals surface area contributed by atoms with E-state index in [0.717, 1.165) is 11.1 Å². The van der Waals surface area contributed by atoms with Crippen LogP contribution in [0, 0.1) is 28.6 Å². The summed E-state index contributed by atoms with van der Waals surface area (Å²) in [5.41, 5.74) is 1.50. The Morgan fingerprint density at radius 2 is 1.70 bits per heavy atom. The number of hydrogen-bond donors (Lipinski definition) is 0. The normalized spacial score (nSPS) is 36.7. The van der Waals surface area contributed by atoms with E-state index in [2.05, 4.69) is 20.8 Å². The van der Waals surface area contributed by atoms with Crippen LogP contribution >= 0.6 is 0 Å². The highest BCUT2D eigenvalue weighted by Gasteiger charge is 2.74. The van der Waals surface area contributed by atoms with E-state index in [1.807, 2.05) is 20.8 Å². The monoisotopic (exact) mass is 414 g/mol. The zero-order valence-corrected chi connectivity index (χ0v) is 19.4. The van der Waals surface area contributed by atoms with Gasteiger partial charge in [-0.3, -0.25) is 4.79 Å². The van der Waals surface area contributed by atoms with E-state index >= 15 is 0 Å². The molecule has 0 aromatic heterocycles. The number of hydrogen-bond acceptors (Lipinski definition) is 5. The maximum absolute atomic E-state index is 13.1. The van der Waals surface area contributed by atoms with Crippen molar-refractivity contribution in [3.63, 3.8) is 0 Å². The van der Waals surface area contributed by atoms with Gasteiger partial charge in [0.05, 0.1) is 0 Å². The van der Waals surface area contributed by atoms with E-state index in [4.69, 9.17) is 9.47 Å². The van der Waals surface area contributed by atoms with Crippen LogP contribution in [0.15, 0.2) is 34.9 Å². The van der Waals surface area contributed by atoms with Crippen LogP contribution in [0.1, 0.15) is 61.8 Å². The first kappa shape index (κ1) is 22.5. The molecule has 6 atom stereocenters. The van der Waals surface area contributed by atoms with Gasteiger partial charge in [0, 0.05) is 34.8 Å². The SMILES string of the molecule is CC=C(C)C(=O)OC1CC(OC(=O)C=C(C)C)C(C)(C)C2C3C(=O)C=C(C)C2C13C. The summed E-state index contributed by atoms with van der Waals surface area (Å²) >= 11 is 0. The fourth-order valence-corrected chi connectivity index (χ4v) is 6.05. The molecule has 0 aliphatic heterocycles. The Hall–Kier alpha value is -2.17. The highest BCUT2D eigenvalue weighted by atomic mass is 16.6. The Morgan fingerprint density at radius 1 is 1.07 bits per heavy atom. The molecule has 0 saturated heterocycles. The second-order valence-electron chi connectivity index (χ2n) is 10.2. The highest BCUT2D eigenvalue weighted by molar-refractivity contribution is 5.97. The third-order valence-electron chi connectivity index (χ3n) is 7.71. The van der Waals surface area contributed by atoms with Gasteiger partial charge in [-0.2, -0.15) is 0 Å². The fourth-order valence-electron chi connectivity index (χ4n) is 6.05. The molecule has 30 heavy (non-hydrogen) atoms. The predicted octanol–water partition coefficient (Wildman–Crippen LogP) is 4.57. The molecule has 3 rings (SSSR count). The number of ether oxygens (including phenoxy) is 2. The number of carbonyl (C=O) groups excluding carboxylic acids is 3. The van der Waals surface area contributed by atoms with Crippen molar-refractivity contribution in [3.8, 4) is 0 Å². The van der Waals surface area contributed by atoms with Gasteiger partial charge in [0.2, 0.25) is 0 Å². The zero-order chi connectivity index (χ0) is 22.6. The van der Waals surface area contributed by atoms with Gasteiger partial charge in [-0.25, -0.2) is 9.59 Å². The van der Waals surface area contributed by atoms with Gasteiger partial charge >= 0.3 is 11.9 Å². The number of allylic oxidation sites excluding steroid dienone is 4. The lowest BCUT2D eigenvalue weighted by Crippen LogP contribution is -2.67. The minimum Gasteiger partial charge on any atom is -0.458 e. The molecule has 6 unspecified atom stereocenters. The first-order valence-electron chi connectivity index (χ1n) is 10.8. The number of fused-ring (bicyclic) bond motifs is 1. The minimum atomic E-state index is -0.509. The lowest BCUT2D eigenvalue weighted by atomic mass is 9.37. The summed E-state index contributed by atoms with van der Waals surface area (Å²) in [5.74, 6) is -0.751. The van der Waals surface area contributed by atoms with E-state index < -0.39 is 29.0 Å². The van der Waals surface area contributed by atoms with Gasteiger partial charge in [-0.1, -0.05) is 38.0 Å². The van der Waals surface area contributed by atoms with Crippen molar-refractivity contribution >= 4 is 17.7 Å². The maximum atomic E-state index is 13.1. The van der Waals surface area contributed by atoms with Gasteiger partial charge < -0.3 is 9.47 Å². The second kappa shape index (κ2) is 7.51. The summed E-state index contributed by atoms with van der Waals surface area (Å²) in [6, 6.07) is 0. The average Bonchev–Trinajstić information content (AvgIpc) is 2.72. The summed E-state index contributed by atoms with van der Waals surface area (Å²) in [5, 5.41) is 0. The molecule has 3 aliphatic carbocycles. The topological polar surface area (TPSA) is 69.7 Å². The largest absolute Gasteiger partial charge is 0.458 e. The standard InChI is InChI=1S/C25H34O5/c1-9-14(4)23(28)30-18-12-17(29-19(27)10-13(2)3)24(6,7)22-20-15(5)11-16(26)21(22)25(18,20)8/h9-11,17-18,20-22H,12H2,1-8H3. The molecule has 0 N–H and O–H groups in total. The van der Waals surface area contributed by atoms with E-state index in [-0.39, 0.29) is 29.5 Å². The molecule has 2 fully saturated rings. The number of esters is 2. The zero-order valence-electron chi connectivity index (χ0n) is 19.4. The van der Waals surface area contributed by atoms with Crippen LogP contribution < -0.4 is 0 Å². The van der Waals surface area contributed by atoms with Crippen LogP contribution in [0.5, 0.6) is 0 Å². The van der Waals surface area contributed by atoms with Gasteiger partial charge in [0.15, 0.2) is 5.78 Å². The lowest BCUT2D eigenvalue weighted by Gasteiger charge is -2.65. The molecule has 0 heterocycles. The predicted molar refractivity (Wildman–Crippen MR) is 114 cm³/mol. The molecule has 4 bridgehead atoms. The molecule has 0 spiro atoms. The van der Waals surface area contributed by atoms with E-state index in [1.54, 1.807) is 26.0 Å². The van der Waals surface area contributed by atoms with Gasteiger partial charge in [-0.15, -0.1) is 0 Å². The van der Waals surface area contributed by atoms with Gasteiger partial charge in [0.25, 0.3) is 0 Å². The van der Waals surface area contributed by atoms with Crippen molar-refractivity contribution in [2.75, 3.05) is 0 Å². The number of ketones is 1. The van der Waals surface area contributed by atoms with Crippen molar-refractivity contribution in [2.45, 2.75) is 74.0 Å². The molecular formula is C25H34O5. The van der Waals surface area contributed by atoms with Crippen molar-refractivity contribution in [1.82, 2.24) is 0 Å². The summed E-state index contributed by atoms with van der Waals surface area (Å²) in [6.45, 7) is 15.4. The third kappa shape index (κ3) is 3.27. The summed E-state index contributed by atoms with van der Waals surface area (Å²) < 4.78 is 11.9. The molecule has 5 heteroatoms. The van der Waals surface area contributed by atoms with Crippen molar-refractivity contribution in [2.24, 2.45) is 28.6 Å². The van der Waals surface area contributed by atoms with Crippen LogP contribution in [0.2, 0.25) is 0 Å². The van der Waals surface area contributed by atoms with Crippen molar-refractivity contribution in [3.05, 3.63) is 34.9 Å². The van der Waals surface area contributed by atoms with Gasteiger partial charge in [0.1, 0.15) is 12.2 Å². The third-order valence-corrected chi connectivity index (χ3v) is 7.71. The fraction of sp³-hybridized carbons (Fsp3) is 0.640. The molecule has 5 nitrogen and oxygen atoms in total. The van der Waals surface area contributed by atoms with Crippen LogP contribution in [-0.4, -0.2) is 29.9 Å². The van der Waals surface area contributed by atoms with Crippen molar-refractivity contribution < 1.29 is 23.9 Å². The molecule has 0 aromatic rings. The maximum Gasteiger partial charge on any atom is 0.333 e. The first-order chi connectivity index (χ1) is 13.8. The van der Waals surface area contributed by atoms with Crippen LogP contribution in [0.3, 0.4) is 0 Å². The number of rotatable bonds is 4. The van der Waals surface area contributed by atoms with Crippen LogP contribution in [0.25, 0.3) is 0 Å². The summed E-state index contributed by atoms with van der Waals surface area (Å²) in [6.07, 6.45) is 4.37. The Bertz CT molecular complexity index is 870. The smallest absolute Gasteiger partial charge is 0.333 e. The molecular weight excluding hydrogens is 380 g/mol. The van der Waals surface area contributed by atoms with Crippen LogP contribution in [0.4, 0.5) is 0 Å². The molecule has 0 aromatic carbocycles. The van der Waals surface area contributed by atoms with Crippen molar-refractivity contribution in [1.29, 1.82) is 0 Å². The lowest BCUT2D eigenvalue weighted by molar-refractivity contribution is -0.202. The van der Waals surface area contributed by atoms with E-state index in [1.165, 1.54) is 6.08 Å². The molecule has 0 radical (unpaired) electrons.